The van der Waals surface area contributed by atoms with Gasteiger partial charge in [0.1, 0.15) is 0 Å². The van der Waals surface area contributed by atoms with Crippen LogP contribution in [0.1, 0.15) is 13.3 Å². The Bertz CT molecular complexity index is 282. The van der Waals surface area contributed by atoms with Gasteiger partial charge in [-0.3, -0.25) is 9.59 Å². The number of nitrogens with zero attached hydrogens (tertiary/aromatic N) is 2. The molecule has 0 aromatic heterocycles. The average Bonchev–Trinajstić information content (AvgIpc) is 2.15. The van der Waals surface area contributed by atoms with E-state index in [0.717, 1.165) is 13.1 Å². The number of amides is 2. The third kappa shape index (κ3) is 3.18. The van der Waals surface area contributed by atoms with Crippen LogP contribution in [0, 0.1) is 0 Å². The molecule has 2 atom stereocenters. The normalized spacial score (nSPS) is 24.2. The first-order chi connectivity index (χ1) is 7.41. The minimum absolute atomic E-state index is 0.0854. The smallest absolute Gasteiger partial charge is 0.240 e. The van der Waals surface area contributed by atoms with Gasteiger partial charge in [0.2, 0.25) is 11.8 Å². The highest BCUT2D eigenvalue weighted by molar-refractivity contribution is 5.87. The number of carbonyl (C=O) groups is 2. The van der Waals surface area contributed by atoms with Crippen molar-refractivity contribution in [2.24, 2.45) is 11.5 Å². The molecule has 2 amide bonds. The highest BCUT2D eigenvalue weighted by atomic mass is 16.2. The van der Waals surface area contributed by atoms with E-state index in [1.54, 1.807) is 4.90 Å². The van der Waals surface area contributed by atoms with Crippen molar-refractivity contribution in [3.8, 4) is 0 Å². The molecule has 2 unspecified atom stereocenters. The Morgan fingerprint density at radius 2 is 2.06 bits per heavy atom. The van der Waals surface area contributed by atoms with Crippen molar-refractivity contribution in [3.05, 3.63) is 0 Å². The van der Waals surface area contributed by atoms with E-state index in [1.165, 1.54) is 0 Å². The molecule has 1 fully saturated rings. The maximum atomic E-state index is 11.9. The van der Waals surface area contributed by atoms with Crippen molar-refractivity contribution in [3.63, 3.8) is 0 Å². The zero-order chi connectivity index (χ0) is 12.3. The van der Waals surface area contributed by atoms with E-state index in [9.17, 15) is 9.59 Å². The van der Waals surface area contributed by atoms with Gasteiger partial charge in [0.05, 0.1) is 12.5 Å². The molecule has 0 aliphatic carbocycles. The third-order valence-corrected chi connectivity index (χ3v) is 2.85. The number of carbonyl (C=O) groups excluding carboxylic acids is 2. The highest BCUT2D eigenvalue weighted by Gasteiger charge is 2.29. The predicted octanol–water partition coefficient (Wildman–Crippen LogP) is -1.65. The number of likely N-dealkylation sites (N-methyl/N-ethyl adjacent to an activating group) is 1. The van der Waals surface area contributed by atoms with Crippen LogP contribution in [-0.2, 0) is 9.59 Å². The summed E-state index contributed by atoms with van der Waals surface area (Å²) >= 11 is 0. The fourth-order valence-corrected chi connectivity index (χ4v) is 1.98. The van der Waals surface area contributed by atoms with Crippen LogP contribution in [0.4, 0.5) is 0 Å². The van der Waals surface area contributed by atoms with Crippen LogP contribution in [0.15, 0.2) is 0 Å². The van der Waals surface area contributed by atoms with Crippen molar-refractivity contribution >= 4 is 11.8 Å². The molecule has 1 aliphatic heterocycles. The van der Waals surface area contributed by atoms with Crippen LogP contribution < -0.4 is 11.5 Å². The maximum Gasteiger partial charge on any atom is 0.240 e. The summed E-state index contributed by atoms with van der Waals surface area (Å²) in [5, 5.41) is 0. The SMILES string of the molecule is CC1CN(C)CCN1C(=O)C(N)CC(N)=O. The summed E-state index contributed by atoms with van der Waals surface area (Å²) in [6.45, 7) is 4.29. The Morgan fingerprint density at radius 3 is 2.56 bits per heavy atom. The number of rotatable bonds is 3. The van der Waals surface area contributed by atoms with Crippen LogP contribution in [-0.4, -0.2) is 60.4 Å². The quantitative estimate of drug-likeness (QED) is 0.605. The van der Waals surface area contributed by atoms with E-state index < -0.39 is 11.9 Å². The molecule has 6 heteroatoms. The van der Waals surface area contributed by atoms with E-state index in [4.69, 9.17) is 11.5 Å². The van der Waals surface area contributed by atoms with Crippen molar-refractivity contribution in [1.29, 1.82) is 0 Å². The summed E-state index contributed by atoms with van der Waals surface area (Å²) in [6, 6.07) is -0.673. The van der Waals surface area contributed by atoms with Crippen LogP contribution in [0.3, 0.4) is 0 Å². The lowest BCUT2D eigenvalue weighted by Gasteiger charge is -2.39. The molecule has 6 nitrogen and oxygen atoms in total. The van der Waals surface area contributed by atoms with Crippen molar-refractivity contribution in [2.45, 2.75) is 25.4 Å². The second-order valence-electron chi connectivity index (χ2n) is 4.42. The molecule has 1 rings (SSSR count). The summed E-state index contributed by atoms with van der Waals surface area (Å²) in [7, 11) is 2.02. The summed E-state index contributed by atoms with van der Waals surface area (Å²) < 4.78 is 0. The van der Waals surface area contributed by atoms with Gasteiger partial charge in [-0.25, -0.2) is 0 Å². The van der Waals surface area contributed by atoms with Gasteiger partial charge < -0.3 is 21.3 Å². The average molecular weight is 228 g/mol. The summed E-state index contributed by atoms with van der Waals surface area (Å²) in [5.41, 5.74) is 10.7. The van der Waals surface area contributed by atoms with E-state index in [0.29, 0.717) is 6.54 Å². The van der Waals surface area contributed by atoms with Crippen molar-refractivity contribution < 1.29 is 9.59 Å². The molecule has 16 heavy (non-hydrogen) atoms. The first kappa shape index (κ1) is 12.9. The second kappa shape index (κ2) is 5.27. The van der Waals surface area contributed by atoms with Gasteiger partial charge in [-0.15, -0.1) is 0 Å². The maximum absolute atomic E-state index is 11.9. The predicted molar refractivity (Wildman–Crippen MR) is 60.5 cm³/mol. The Morgan fingerprint density at radius 1 is 1.44 bits per heavy atom. The molecule has 0 spiro atoms. The lowest BCUT2D eigenvalue weighted by molar-refractivity contribution is -0.138. The molecule has 4 N–H and O–H groups in total. The van der Waals surface area contributed by atoms with E-state index in [1.807, 2.05) is 14.0 Å². The minimum atomic E-state index is -0.802. The van der Waals surface area contributed by atoms with Crippen molar-refractivity contribution in [2.75, 3.05) is 26.7 Å². The highest BCUT2D eigenvalue weighted by Crippen LogP contribution is 2.09. The molecule has 92 valence electrons. The number of nitrogens with two attached hydrogens (primary N) is 2. The van der Waals surface area contributed by atoms with Gasteiger partial charge in [-0.1, -0.05) is 0 Å². The number of piperazine rings is 1. The zero-order valence-corrected chi connectivity index (χ0v) is 9.85. The molecule has 1 heterocycles. The molecule has 0 radical (unpaired) electrons. The molecular weight excluding hydrogens is 208 g/mol. The first-order valence-electron chi connectivity index (χ1n) is 5.44. The third-order valence-electron chi connectivity index (χ3n) is 2.85. The van der Waals surface area contributed by atoms with E-state index in [2.05, 4.69) is 4.90 Å². The summed E-state index contributed by atoms with van der Waals surface area (Å²) in [4.78, 5) is 26.5. The molecule has 0 aromatic carbocycles. The van der Waals surface area contributed by atoms with Gasteiger partial charge in [0.25, 0.3) is 0 Å². The van der Waals surface area contributed by atoms with Gasteiger partial charge >= 0.3 is 0 Å². The topological polar surface area (TPSA) is 92.7 Å². The molecule has 0 aromatic rings. The van der Waals surface area contributed by atoms with E-state index >= 15 is 0 Å². The van der Waals surface area contributed by atoms with Crippen LogP contribution in [0.5, 0.6) is 0 Å². The fourth-order valence-electron chi connectivity index (χ4n) is 1.98. The van der Waals surface area contributed by atoms with Crippen LogP contribution >= 0.6 is 0 Å². The Kier molecular flexibility index (Phi) is 4.26. The monoisotopic (exact) mass is 228 g/mol. The van der Waals surface area contributed by atoms with Crippen molar-refractivity contribution in [1.82, 2.24) is 9.80 Å². The van der Waals surface area contributed by atoms with E-state index in [-0.39, 0.29) is 18.4 Å². The minimum Gasteiger partial charge on any atom is -0.370 e. The summed E-state index contributed by atoms with van der Waals surface area (Å²) in [6.07, 6.45) is -0.0854. The first-order valence-corrected chi connectivity index (χ1v) is 5.44. The summed E-state index contributed by atoms with van der Waals surface area (Å²) in [5.74, 6) is -0.720. The lowest BCUT2D eigenvalue weighted by Crippen LogP contribution is -2.57. The second-order valence-corrected chi connectivity index (χ2v) is 4.42. The van der Waals surface area contributed by atoms with Gasteiger partial charge in [0, 0.05) is 25.7 Å². The molecular formula is C10H20N4O2. The molecule has 1 aliphatic rings. The van der Waals surface area contributed by atoms with Gasteiger partial charge in [-0.2, -0.15) is 0 Å². The lowest BCUT2D eigenvalue weighted by atomic mass is 10.1. The number of hydrogen-bond acceptors (Lipinski definition) is 4. The Balaban J connectivity index is 2.56. The fraction of sp³-hybridized carbons (Fsp3) is 0.800. The largest absolute Gasteiger partial charge is 0.370 e. The molecule has 0 bridgehead atoms. The Labute approximate surface area is 95.5 Å². The standard InChI is InChI=1S/C10H20N4O2/c1-7-6-13(2)3-4-14(7)10(16)8(11)5-9(12)15/h7-8H,3-6,11H2,1-2H3,(H2,12,15). The Hall–Kier alpha value is -1.14. The van der Waals surface area contributed by atoms with Gasteiger partial charge in [0.15, 0.2) is 0 Å². The van der Waals surface area contributed by atoms with Gasteiger partial charge in [-0.05, 0) is 14.0 Å². The van der Waals surface area contributed by atoms with Crippen LogP contribution in [0.2, 0.25) is 0 Å². The van der Waals surface area contributed by atoms with Crippen LogP contribution in [0.25, 0.3) is 0 Å². The number of hydrogen-bond donors (Lipinski definition) is 2. The zero-order valence-electron chi connectivity index (χ0n) is 9.85. The molecule has 0 saturated carbocycles. The molecule has 1 saturated heterocycles. The number of primary amides is 1.